The van der Waals surface area contributed by atoms with Crippen LogP contribution in [0.1, 0.15) is 47.0 Å². The van der Waals surface area contributed by atoms with E-state index in [1.807, 2.05) is 0 Å². The van der Waals surface area contributed by atoms with E-state index in [-0.39, 0.29) is 0 Å². The van der Waals surface area contributed by atoms with Gasteiger partial charge in [-0.1, -0.05) is 20.3 Å². The molecule has 4 heteroatoms. The normalized spacial score (nSPS) is 27.7. The molecule has 0 aromatic rings. The van der Waals surface area contributed by atoms with Crippen LogP contribution in [-0.4, -0.2) is 48.1 Å². The second kappa shape index (κ2) is 8.10. The van der Waals surface area contributed by atoms with Crippen molar-refractivity contribution in [3.63, 3.8) is 0 Å². The Balaban J connectivity index is 2.18. The van der Waals surface area contributed by atoms with Crippen LogP contribution < -0.4 is 5.43 Å². The number of nitrogens with one attached hydrogen (secondary N) is 1. The third-order valence-electron chi connectivity index (χ3n) is 3.46. The van der Waals surface area contributed by atoms with E-state index >= 15 is 0 Å². The zero-order chi connectivity index (χ0) is 13.5. The molecule has 1 fully saturated rings. The molecular formula is C14H30N2O2. The van der Waals surface area contributed by atoms with Crippen LogP contribution in [0.2, 0.25) is 0 Å². The van der Waals surface area contributed by atoms with Crippen LogP contribution in [0.25, 0.3) is 0 Å². The van der Waals surface area contributed by atoms with Gasteiger partial charge in [0, 0.05) is 25.2 Å². The number of aliphatic hydroxyl groups excluding tert-OH is 1. The molecule has 2 N–H and O–H groups in total. The Morgan fingerprint density at radius 1 is 1.22 bits per heavy atom. The molecule has 108 valence electrons. The lowest BCUT2D eigenvalue weighted by Crippen LogP contribution is -2.54. The van der Waals surface area contributed by atoms with Gasteiger partial charge in [-0.3, -0.25) is 5.43 Å². The third-order valence-corrected chi connectivity index (χ3v) is 3.46. The summed E-state index contributed by atoms with van der Waals surface area (Å²) in [7, 11) is 0. The van der Waals surface area contributed by atoms with E-state index in [1.165, 1.54) is 19.3 Å². The Bertz CT molecular complexity index is 214. The number of ether oxygens (including phenoxy) is 1. The van der Waals surface area contributed by atoms with Gasteiger partial charge in [-0.2, -0.15) is 0 Å². The maximum Gasteiger partial charge on any atom is 0.0911 e. The molecule has 0 spiro atoms. The number of hydrogen-bond acceptors (Lipinski definition) is 4. The summed E-state index contributed by atoms with van der Waals surface area (Å²) in [6, 6.07) is 1.11. The molecule has 0 radical (unpaired) electrons. The molecule has 18 heavy (non-hydrogen) atoms. The summed E-state index contributed by atoms with van der Waals surface area (Å²) in [4.78, 5) is 0. The topological polar surface area (TPSA) is 44.7 Å². The quantitative estimate of drug-likeness (QED) is 0.731. The molecule has 3 unspecified atom stereocenters. The molecule has 1 saturated heterocycles. The maximum absolute atomic E-state index is 9.85. The smallest absolute Gasteiger partial charge is 0.0911 e. The first-order valence-electron chi connectivity index (χ1n) is 7.28. The Hall–Kier alpha value is -0.160. The fraction of sp³-hybridized carbons (Fsp3) is 1.00. The van der Waals surface area contributed by atoms with Crippen molar-refractivity contribution in [3.05, 3.63) is 0 Å². The minimum Gasteiger partial charge on any atom is -0.389 e. The van der Waals surface area contributed by atoms with Crippen molar-refractivity contribution in [3.8, 4) is 0 Å². The first kappa shape index (κ1) is 15.9. The molecule has 0 aromatic heterocycles. The fourth-order valence-corrected chi connectivity index (χ4v) is 2.44. The molecule has 1 rings (SSSR count). The second-order valence-electron chi connectivity index (χ2n) is 5.98. The molecule has 0 bridgehead atoms. The molecular weight excluding hydrogens is 228 g/mol. The standard InChI is InChI=1S/C14H30N2O2/c1-11(2)9-18-10-14(17)8-15-16-12(3)6-5-7-13(16)4/h11-15,17H,5-10H2,1-4H3. The van der Waals surface area contributed by atoms with Gasteiger partial charge >= 0.3 is 0 Å². The Kier molecular flexibility index (Phi) is 7.15. The Labute approximate surface area is 112 Å². The van der Waals surface area contributed by atoms with E-state index in [4.69, 9.17) is 4.74 Å². The SMILES string of the molecule is CC(C)COCC(O)CNN1C(C)CCCC1C. The maximum atomic E-state index is 9.85. The van der Waals surface area contributed by atoms with Crippen molar-refractivity contribution in [2.45, 2.75) is 65.1 Å². The molecule has 1 heterocycles. The van der Waals surface area contributed by atoms with E-state index < -0.39 is 6.10 Å². The summed E-state index contributed by atoms with van der Waals surface area (Å²) < 4.78 is 5.44. The van der Waals surface area contributed by atoms with Crippen LogP contribution in [0.5, 0.6) is 0 Å². The van der Waals surface area contributed by atoms with Crippen molar-refractivity contribution in [2.75, 3.05) is 19.8 Å². The fourth-order valence-electron chi connectivity index (χ4n) is 2.44. The van der Waals surface area contributed by atoms with E-state index in [0.29, 0.717) is 37.8 Å². The number of hydrazine groups is 1. The van der Waals surface area contributed by atoms with E-state index in [0.717, 1.165) is 0 Å². The second-order valence-corrected chi connectivity index (χ2v) is 5.98. The van der Waals surface area contributed by atoms with Crippen LogP contribution in [0.15, 0.2) is 0 Å². The summed E-state index contributed by atoms with van der Waals surface area (Å²) in [6.45, 7) is 10.4. The third kappa shape index (κ3) is 5.65. The molecule has 0 aromatic carbocycles. The average molecular weight is 258 g/mol. The van der Waals surface area contributed by atoms with Gasteiger partial charge in [0.25, 0.3) is 0 Å². The van der Waals surface area contributed by atoms with Crippen molar-refractivity contribution < 1.29 is 9.84 Å². The van der Waals surface area contributed by atoms with Gasteiger partial charge in [0.1, 0.15) is 0 Å². The highest BCUT2D eigenvalue weighted by molar-refractivity contribution is 4.77. The van der Waals surface area contributed by atoms with Crippen LogP contribution in [0.4, 0.5) is 0 Å². The predicted molar refractivity (Wildman–Crippen MR) is 74.3 cm³/mol. The predicted octanol–water partition coefficient (Wildman–Crippen LogP) is 1.79. The van der Waals surface area contributed by atoms with Gasteiger partial charge in [0.2, 0.25) is 0 Å². The average Bonchev–Trinajstić information content (AvgIpc) is 2.27. The lowest BCUT2D eigenvalue weighted by atomic mass is 10.00. The number of aliphatic hydroxyl groups is 1. The number of rotatable bonds is 7. The molecule has 3 atom stereocenters. The number of piperidine rings is 1. The molecule has 1 aliphatic heterocycles. The van der Waals surface area contributed by atoms with Gasteiger partial charge in [-0.25, -0.2) is 5.01 Å². The summed E-state index contributed by atoms with van der Waals surface area (Å²) in [6.07, 6.45) is 3.35. The number of nitrogens with zero attached hydrogens (tertiary/aromatic N) is 1. The molecule has 0 amide bonds. The highest BCUT2D eigenvalue weighted by Crippen LogP contribution is 2.19. The van der Waals surface area contributed by atoms with E-state index in [9.17, 15) is 5.11 Å². The minimum absolute atomic E-state index is 0.418. The highest BCUT2D eigenvalue weighted by Gasteiger charge is 2.24. The van der Waals surface area contributed by atoms with Crippen molar-refractivity contribution in [1.82, 2.24) is 10.4 Å². The molecule has 4 nitrogen and oxygen atoms in total. The van der Waals surface area contributed by atoms with Crippen molar-refractivity contribution >= 4 is 0 Å². The summed E-state index contributed by atoms with van der Waals surface area (Å²) in [5.74, 6) is 0.521. The molecule has 1 aliphatic rings. The van der Waals surface area contributed by atoms with Crippen LogP contribution >= 0.6 is 0 Å². The summed E-state index contributed by atoms with van der Waals surface area (Å²) in [5.41, 5.74) is 3.36. The lowest BCUT2D eigenvalue weighted by Gasteiger charge is -2.39. The van der Waals surface area contributed by atoms with Crippen LogP contribution in [0, 0.1) is 5.92 Å². The molecule has 0 saturated carbocycles. The Morgan fingerprint density at radius 2 is 1.83 bits per heavy atom. The van der Waals surface area contributed by atoms with Gasteiger partial charge in [0.05, 0.1) is 12.7 Å². The highest BCUT2D eigenvalue weighted by atomic mass is 16.5. The van der Waals surface area contributed by atoms with Gasteiger partial charge in [-0.15, -0.1) is 0 Å². The zero-order valence-corrected chi connectivity index (χ0v) is 12.4. The van der Waals surface area contributed by atoms with Crippen molar-refractivity contribution in [2.24, 2.45) is 5.92 Å². The van der Waals surface area contributed by atoms with Gasteiger partial charge < -0.3 is 9.84 Å². The van der Waals surface area contributed by atoms with Crippen LogP contribution in [0.3, 0.4) is 0 Å². The van der Waals surface area contributed by atoms with Crippen molar-refractivity contribution in [1.29, 1.82) is 0 Å². The van der Waals surface area contributed by atoms with E-state index in [2.05, 4.69) is 38.1 Å². The van der Waals surface area contributed by atoms with Gasteiger partial charge in [-0.05, 0) is 32.6 Å². The molecule has 0 aliphatic carbocycles. The summed E-state index contributed by atoms with van der Waals surface area (Å²) >= 11 is 0. The monoisotopic (exact) mass is 258 g/mol. The Morgan fingerprint density at radius 3 is 2.39 bits per heavy atom. The first-order chi connectivity index (χ1) is 8.50. The van der Waals surface area contributed by atoms with Crippen LogP contribution in [-0.2, 0) is 4.74 Å². The summed E-state index contributed by atoms with van der Waals surface area (Å²) in [5, 5.41) is 12.1. The largest absolute Gasteiger partial charge is 0.389 e. The number of hydrogen-bond donors (Lipinski definition) is 2. The lowest BCUT2D eigenvalue weighted by molar-refractivity contribution is -0.00708. The van der Waals surface area contributed by atoms with E-state index in [1.54, 1.807) is 0 Å². The minimum atomic E-state index is -0.426. The first-order valence-corrected chi connectivity index (χ1v) is 7.28. The van der Waals surface area contributed by atoms with Gasteiger partial charge in [0.15, 0.2) is 0 Å². The zero-order valence-electron chi connectivity index (χ0n) is 12.4.